The predicted molar refractivity (Wildman–Crippen MR) is 73.7 cm³/mol. The van der Waals surface area contributed by atoms with Gasteiger partial charge in [-0.25, -0.2) is 9.97 Å². The fraction of sp³-hybridized carbons (Fsp3) is 0.692. The lowest BCUT2D eigenvalue weighted by atomic mass is 10.2. The Balaban J connectivity index is 2.00. The molecule has 100 valence electrons. The van der Waals surface area contributed by atoms with E-state index < -0.39 is 0 Å². The highest BCUT2D eigenvalue weighted by atomic mass is 15.2. The molecule has 1 N–H and O–H groups in total. The van der Waals surface area contributed by atoms with Gasteiger partial charge in [-0.3, -0.25) is 4.90 Å². The van der Waals surface area contributed by atoms with Crippen LogP contribution in [0.4, 0.5) is 5.82 Å². The Morgan fingerprint density at radius 1 is 1.44 bits per heavy atom. The zero-order chi connectivity index (χ0) is 13.1. The molecule has 1 aromatic rings. The van der Waals surface area contributed by atoms with E-state index in [1.807, 2.05) is 20.0 Å². The standard InChI is InChI=1S/C13H23N5/c1-10-7-12(14-2)16-13(15-10)9-18-6-5-11(8-18)17(3)4/h7,11H,5-6,8-9H2,1-4H3,(H,14,15,16). The van der Waals surface area contributed by atoms with Gasteiger partial charge in [0, 0.05) is 37.9 Å². The molecule has 1 atom stereocenters. The molecule has 0 bridgehead atoms. The molecule has 1 aliphatic heterocycles. The number of likely N-dealkylation sites (tertiary alicyclic amines) is 1. The molecule has 5 heteroatoms. The van der Waals surface area contributed by atoms with Gasteiger partial charge in [-0.1, -0.05) is 0 Å². The first-order chi connectivity index (χ1) is 8.58. The Morgan fingerprint density at radius 2 is 2.22 bits per heavy atom. The lowest BCUT2D eigenvalue weighted by Gasteiger charge is -2.20. The molecule has 18 heavy (non-hydrogen) atoms. The maximum Gasteiger partial charge on any atom is 0.144 e. The van der Waals surface area contributed by atoms with Gasteiger partial charge in [0.15, 0.2) is 0 Å². The van der Waals surface area contributed by atoms with Crippen LogP contribution in [0.5, 0.6) is 0 Å². The largest absolute Gasteiger partial charge is 0.373 e. The van der Waals surface area contributed by atoms with Crippen molar-refractivity contribution in [2.75, 3.05) is 39.5 Å². The quantitative estimate of drug-likeness (QED) is 0.861. The molecule has 2 rings (SSSR count). The van der Waals surface area contributed by atoms with E-state index in [9.17, 15) is 0 Å². The Labute approximate surface area is 109 Å². The molecule has 0 radical (unpaired) electrons. The zero-order valence-corrected chi connectivity index (χ0v) is 11.8. The number of hydrogen-bond acceptors (Lipinski definition) is 5. The monoisotopic (exact) mass is 249 g/mol. The summed E-state index contributed by atoms with van der Waals surface area (Å²) >= 11 is 0. The number of anilines is 1. The maximum atomic E-state index is 4.51. The summed E-state index contributed by atoms with van der Waals surface area (Å²) < 4.78 is 0. The SMILES string of the molecule is CNc1cc(C)nc(CN2CCC(N(C)C)C2)n1. The fourth-order valence-corrected chi connectivity index (χ4v) is 2.41. The fourth-order valence-electron chi connectivity index (χ4n) is 2.41. The van der Waals surface area contributed by atoms with Crippen LogP contribution in [0, 0.1) is 6.92 Å². The van der Waals surface area contributed by atoms with Gasteiger partial charge in [0.05, 0.1) is 6.54 Å². The molecule has 1 unspecified atom stereocenters. The van der Waals surface area contributed by atoms with Crippen LogP contribution in [-0.2, 0) is 6.54 Å². The van der Waals surface area contributed by atoms with E-state index in [2.05, 4.69) is 39.2 Å². The third kappa shape index (κ3) is 3.17. The Kier molecular flexibility index (Phi) is 4.14. The van der Waals surface area contributed by atoms with Crippen LogP contribution in [-0.4, -0.2) is 60.0 Å². The van der Waals surface area contributed by atoms with Crippen LogP contribution < -0.4 is 5.32 Å². The van der Waals surface area contributed by atoms with Crippen molar-refractivity contribution in [1.29, 1.82) is 0 Å². The van der Waals surface area contributed by atoms with Gasteiger partial charge in [-0.2, -0.15) is 0 Å². The molecule has 0 aliphatic carbocycles. The molecular weight excluding hydrogens is 226 g/mol. The van der Waals surface area contributed by atoms with Crippen LogP contribution in [0.25, 0.3) is 0 Å². The minimum atomic E-state index is 0.665. The maximum absolute atomic E-state index is 4.51. The average molecular weight is 249 g/mol. The number of aryl methyl sites for hydroxylation is 1. The topological polar surface area (TPSA) is 44.3 Å². The van der Waals surface area contributed by atoms with Gasteiger partial charge in [0.1, 0.15) is 11.6 Å². The Morgan fingerprint density at radius 3 is 2.83 bits per heavy atom. The highest BCUT2D eigenvalue weighted by molar-refractivity contribution is 5.34. The molecule has 5 nitrogen and oxygen atoms in total. The van der Waals surface area contributed by atoms with Crippen LogP contribution in [0.3, 0.4) is 0 Å². The molecule has 0 saturated carbocycles. The van der Waals surface area contributed by atoms with Crippen LogP contribution in [0.2, 0.25) is 0 Å². The van der Waals surface area contributed by atoms with Crippen molar-refractivity contribution in [2.45, 2.75) is 25.9 Å². The molecule has 1 fully saturated rings. The van der Waals surface area contributed by atoms with Crippen molar-refractivity contribution in [1.82, 2.24) is 19.8 Å². The first-order valence-electron chi connectivity index (χ1n) is 6.49. The normalized spacial score (nSPS) is 20.6. The summed E-state index contributed by atoms with van der Waals surface area (Å²) in [5, 5.41) is 3.08. The molecule has 0 amide bonds. The summed E-state index contributed by atoms with van der Waals surface area (Å²) in [5.41, 5.74) is 1.02. The van der Waals surface area contributed by atoms with E-state index in [1.54, 1.807) is 0 Å². The summed E-state index contributed by atoms with van der Waals surface area (Å²) in [6, 6.07) is 2.63. The highest BCUT2D eigenvalue weighted by Gasteiger charge is 2.24. The summed E-state index contributed by atoms with van der Waals surface area (Å²) in [7, 11) is 6.19. The number of hydrogen-bond donors (Lipinski definition) is 1. The van der Waals surface area contributed by atoms with Crippen molar-refractivity contribution in [2.24, 2.45) is 0 Å². The van der Waals surface area contributed by atoms with Crippen molar-refractivity contribution in [3.05, 3.63) is 17.6 Å². The van der Waals surface area contributed by atoms with Crippen molar-refractivity contribution < 1.29 is 0 Å². The average Bonchev–Trinajstić information content (AvgIpc) is 2.76. The van der Waals surface area contributed by atoms with Crippen molar-refractivity contribution >= 4 is 5.82 Å². The summed E-state index contributed by atoms with van der Waals surface area (Å²) in [6.45, 7) is 5.10. The third-order valence-electron chi connectivity index (χ3n) is 3.50. The van der Waals surface area contributed by atoms with Gasteiger partial charge < -0.3 is 10.2 Å². The second kappa shape index (κ2) is 5.63. The molecule has 0 aromatic carbocycles. The van der Waals surface area contributed by atoms with Crippen LogP contribution in [0.15, 0.2) is 6.07 Å². The predicted octanol–water partition coefficient (Wildman–Crippen LogP) is 0.963. The zero-order valence-electron chi connectivity index (χ0n) is 11.8. The third-order valence-corrected chi connectivity index (χ3v) is 3.50. The van der Waals surface area contributed by atoms with Crippen molar-refractivity contribution in [3.63, 3.8) is 0 Å². The number of likely N-dealkylation sites (N-methyl/N-ethyl adjacent to an activating group) is 1. The first kappa shape index (κ1) is 13.2. The minimum absolute atomic E-state index is 0.665. The number of rotatable bonds is 4. The number of aromatic nitrogens is 2. The summed E-state index contributed by atoms with van der Waals surface area (Å²) in [5.74, 6) is 1.82. The van der Waals surface area contributed by atoms with E-state index in [4.69, 9.17) is 0 Å². The van der Waals surface area contributed by atoms with Gasteiger partial charge in [0.25, 0.3) is 0 Å². The Hall–Kier alpha value is -1.20. The first-order valence-corrected chi connectivity index (χ1v) is 6.49. The Bertz CT molecular complexity index is 404. The molecule has 1 aliphatic rings. The van der Waals surface area contributed by atoms with E-state index in [0.717, 1.165) is 37.0 Å². The van der Waals surface area contributed by atoms with Gasteiger partial charge in [-0.05, 0) is 27.4 Å². The van der Waals surface area contributed by atoms with E-state index in [0.29, 0.717) is 6.04 Å². The summed E-state index contributed by atoms with van der Waals surface area (Å²) in [6.07, 6.45) is 1.23. The van der Waals surface area contributed by atoms with Crippen LogP contribution in [0.1, 0.15) is 17.9 Å². The second-order valence-electron chi connectivity index (χ2n) is 5.20. The minimum Gasteiger partial charge on any atom is -0.373 e. The van der Waals surface area contributed by atoms with Gasteiger partial charge in [-0.15, -0.1) is 0 Å². The van der Waals surface area contributed by atoms with E-state index in [1.165, 1.54) is 6.42 Å². The molecular formula is C13H23N5. The van der Waals surface area contributed by atoms with E-state index >= 15 is 0 Å². The highest BCUT2D eigenvalue weighted by Crippen LogP contribution is 2.15. The molecule has 1 saturated heterocycles. The van der Waals surface area contributed by atoms with Gasteiger partial charge >= 0.3 is 0 Å². The molecule has 0 spiro atoms. The molecule has 1 aromatic heterocycles. The van der Waals surface area contributed by atoms with Crippen LogP contribution >= 0.6 is 0 Å². The van der Waals surface area contributed by atoms with Crippen molar-refractivity contribution in [3.8, 4) is 0 Å². The molecule has 2 heterocycles. The second-order valence-corrected chi connectivity index (χ2v) is 5.20. The number of nitrogens with zero attached hydrogens (tertiary/aromatic N) is 4. The lowest BCUT2D eigenvalue weighted by molar-refractivity contribution is 0.261. The smallest absolute Gasteiger partial charge is 0.144 e. The number of nitrogens with one attached hydrogen (secondary N) is 1. The summed E-state index contributed by atoms with van der Waals surface area (Å²) in [4.78, 5) is 13.7. The van der Waals surface area contributed by atoms with Gasteiger partial charge in [0.2, 0.25) is 0 Å². The lowest BCUT2D eigenvalue weighted by Crippen LogP contribution is -2.31. The van der Waals surface area contributed by atoms with E-state index in [-0.39, 0.29) is 0 Å².